The molecule has 0 saturated heterocycles. The monoisotopic (exact) mass is 359 g/mol. The van der Waals surface area contributed by atoms with Gasteiger partial charge in [-0.25, -0.2) is 4.98 Å². The average Bonchev–Trinajstić information content (AvgIpc) is 3.09. The molecule has 0 saturated carbocycles. The number of ether oxygens (including phenoxy) is 1. The van der Waals surface area contributed by atoms with Crippen LogP contribution >= 0.6 is 0 Å². The van der Waals surface area contributed by atoms with Crippen LogP contribution in [0.4, 0.5) is 11.5 Å². The van der Waals surface area contributed by atoms with Crippen LogP contribution in [0.25, 0.3) is 17.2 Å². The number of methoxy groups -OCH3 is 1. The molecule has 4 rings (SSSR count). The molecule has 0 radical (unpaired) electrons. The van der Waals surface area contributed by atoms with E-state index in [0.29, 0.717) is 11.6 Å². The summed E-state index contributed by atoms with van der Waals surface area (Å²) in [6.45, 7) is 6.16. The Morgan fingerprint density at radius 3 is 2.37 bits per heavy atom. The Kier molecular flexibility index (Phi) is 4.24. The molecule has 0 amide bonds. The number of aryl methyl sites for hydroxylation is 3. The van der Waals surface area contributed by atoms with E-state index in [9.17, 15) is 0 Å². The molecule has 0 spiro atoms. The summed E-state index contributed by atoms with van der Waals surface area (Å²) in [6, 6.07) is 15.9. The second kappa shape index (κ2) is 6.72. The third-order valence-corrected chi connectivity index (χ3v) is 4.57. The van der Waals surface area contributed by atoms with E-state index >= 15 is 0 Å². The van der Waals surface area contributed by atoms with Gasteiger partial charge in [0.2, 0.25) is 0 Å². The van der Waals surface area contributed by atoms with Gasteiger partial charge < -0.3 is 10.1 Å². The summed E-state index contributed by atoms with van der Waals surface area (Å²) in [7, 11) is 1.65. The van der Waals surface area contributed by atoms with Gasteiger partial charge >= 0.3 is 0 Å². The number of nitrogens with one attached hydrogen (secondary N) is 1. The molecular formula is C21H21N5O. The highest BCUT2D eigenvalue weighted by molar-refractivity contribution is 5.63. The zero-order valence-corrected chi connectivity index (χ0v) is 15.8. The summed E-state index contributed by atoms with van der Waals surface area (Å²) >= 11 is 0. The van der Waals surface area contributed by atoms with Crippen LogP contribution in [-0.4, -0.2) is 26.7 Å². The Labute approximate surface area is 157 Å². The molecule has 0 aliphatic rings. The minimum Gasteiger partial charge on any atom is -0.497 e. The molecule has 6 heteroatoms. The summed E-state index contributed by atoms with van der Waals surface area (Å²) in [4.78, 5) is 9.11. The highest BCUT2D eigenvalue weighted by Gasteiger charge is 2.12. The van der Waals surface area contributed by atoms with Crippen molar-refractivity contribution in [2.24, 2.45) is 0 Å². The first-order valence-electron chi connectivity index (χ1n) is 8.76. The van der Waals surface area contributed by atoms with Gasteiger partial charge in [-0.1, -0.05) is 6.07 Å². The number of nitrogens with zero attached hydrogens (tertiary/aromatic N) is 4. The van der Waals surface area contributed by atoms with E-state index in [1.807, 2.05) is 37.3 Å². The van der Waals surface area contributed by atoms with Gasteiger partial charge in [-0.05, 0) is 68.3 Å². The van der Waals surface area contributed by atoms with E-state index in [0.717, 1.165) is 28.5 Å². The predicted octanol–water partition coefficient (Wildman–Crippen LogP) is 4.47. The lowest BCUT2D eigenvalue weighted by atomic mass is 10.1. The lowest BCUT2D eigenvalue weighted by Gasteiger charge is -2.10. The van der Waals surface area contributed by atoms with Crippen LogP contribution in [0.15, 0.2) is 48.5 Å². The third kappa shape index (κ3) is 3.33. The molecule has 2 aromatic carbocycles. The number of fused-ring (bicyclic) bond motifs is 1. The van der Waals surface area contributed by atoms with Gasteiger partial charge in [-0.15, -0.1) is 5.10 Å². The third-order valence-electron chi connectivity index (χ3n) is 4.57. The fraction of sp³-hybridized carbons (Fsp3) is 0.190. The van der Waals surface area contributed by atoms with Crippen molar-refractivity contribution < 1.29 is 4.74 Å². The molecule has 0 fully saturated rings. The molecule has 0 aliphatic heterocycles. The van der Waals surface area contributed by atoms with Crippen LogP contribution in [-0.2, 0) is 0 Å². The summed E-state index contributed by atoms with van der Waals surface area (Å²) in [5.74, 6) is 2.81. The Hall–Kier alpha value is -3.41. The normalized spacial score (nSPS) is 11.0. The fourth-order valence-electron chi connectivity index (χ4n) is 2.91. The Morgan fingerprint density at radius 1 is 0.889 bits per heavy atom. The van der Waals surface area contributed by atoms with E-state index < -0.39 is 0 Å². The number of benzene rings is 2. The van der Waals surface area contributed by atoms with Crippen molar-refractivity contribution >= 4 is 17.3 Å². The predicted molar refractivity (Wildman–Crippen MR) is 107 cm³/mol. The van der Waals surface area contributed by atoms with Crippen LogP contribution in [0.5, 0.6) is 5.75 Å². The molecule has 0 aliphatic carbocycles. The number of hydrogen-bond acceptors (Lipinski definition) is 5. The van der Waals surface area contributed by atoms with Crippen molar-refractivity contribution in [1.29, 1.82) is 0 Å². The Balaban J connectivity index is 1.76. The number of anilines is 2. The summed E-state index contributed by atoms with van der Waals surface area (Å²) < 4.78 is 6.95. The van der Waals surface area contributed by atoms with Gasteiger partial charge in [0.15, 0.2) is 5.82 Å². The van der Waals surface area contributed by atoms with Crippen LogP contribution in [0.2, 0.25) is 0 Å². The van der Waals surface area contributed by atoms with Crippen molar-refractivity contribution in [2.45, 2.75) is 20.8 Å². The first kappa shape index (κ1) is 17.0. The zero-order chi connectivity index (χ0) is 19.0. The second-order valence-electron chi connectivity index (χ2n) is 6.58. The van der Waals surface area contributed by atoms with E-state index in [2.05, 4.69) is 52.4 Å². The van der Waals surface area contributed by atoms with Crippen molar-refractivity contribution in [3.05, 3.63) is 65.4 Å². The first-order valence-corrected chi connectivity index (χ1v) is 8.76. The number of aromatic nitrogens is 4. The van der Waals surface area contributed by atoms with E-state index in [1.165, 1.54) is 11.1 Å². The van der Waals surface area contributed by atoms with Gasteiger partial charge in [0, 0.05) is 23.0 Å². The van der Waals surface area contributed by atoms with Gasteiger partial charge in [0.25, 0.3) is 5.78 Å². The SMILES string of the molecule is COc1ccc(-c2nc3nc(C)cc(Nc4ccc(C)c(C)c4)n3n2)cc1. The topological polar surface area (TPSA) is 64.3 Å². The van der Waals surface area contributed by atoms with E-state index in [-0.39, 0.29) is 0 Å². The molecule has 0 atom stereocenters. The van der Waals surface area contributed by atoms with E-state index in [1.54, 1.807) is 11.6 Å². The highest BCUT2D eigenvalue weighted by atomic mass is 16.5. The quantitative estimate of drug-likeness (QED) is 0.582. The molecule has 2 heterocycles. The first-order chi connectivity index (χ1) is 13.0. The maximum atomic E-state index is 5.21. The Bertz CT molecular complexity index is 1120. The van der Waals surface area contributed by atoms with Crippen LogP contribution in [0, 0.1) is 20.8 Å². The smallest absolute Gasteiger partial charge is 0.254 e. The van der Waals surface area contributed by atoms with Crippen LogP contribution < -0.4 is 10.1 Å². The summed E-state index contributed by atoms with van der Waals surface area (Å²) in [5, 5.41) is 8.09. The molecule has 4 aromatic rings. The van der Waals surface area contributed by atoms with Crippen molar-refractivity contribution in [3.8, 4) is 17.1 Å². The fourth-order valence-corrected chi connectivity index (χ4v) is 2.91. The summed E-state index contributed by atoms with van der Waals surface area (Å²) in [6.07, 6.45) is 0. The van der Waals surface area contributed by atoms with Gasteiger partial charge in [-0.3, -0.25) is 0 Å². The average molecular weight is 359 g/mol. The molecule has 27 heavy (non-hydrogen) atoms. The van der Waals surface area contributed by atoms with Crippen molar-refractivity contribution in [3.63, 3.8) is 0 Å². The maximum absolute atomic E-state index is 5.21. The molecule has 0 unspecified atom stereocenters. The van der Waals surface area contributed by atoms with Crippen LogP contribution in [0.3, 0.4) is 0 Å². The van der Waals surface area contributed by atoms with Gasteiger partial charge in [0.05, 0.1) is 7.11 Å². The minimum absolute atomic E-state index is 0.562. The standard InChI is InChI=1S/C21H21N5O/c1-13-5-8-17(11-14(13)2)23-19-12-15(3)22-21-24-20(25-26(19)21)16-6-9-18(27-4)10-7-16/h5-12,23H,1-4H3. The van der Waals surface area contributed by atoms with Crippen molar-refractivity contribution in [2.75, 3.05) is 12.4 Å². The molecular weight excluding hydrogens is 338 g/mol. The minimum atomic E-state index is 0.562. The zero-order valence-electron chi connectivity index (χ0n) is 15.8. The molecule has 136 valence electrons. The summed E-state index contributed by atoms with van der Waals surface area (Å²) in [5.41, 5.74) is 5.30. The lowest BCUT2D eigenvalue weighted by Crippen LogP contribution is -2.03. The maximum Gasteiger partial charge on any atom is 0.254 e. The lowest BCUT2D eigenvalue weighted by molar-refractivity contribution is 0.415. The van der Waals surface area contributed by atoms with Gasteiger partial charge in [-0.2, -0.15) is 9.50 Å². The molecule has 1 N–H and O–H groups in total. The highest BCUT2D eigenvalue weighted by Crippen LogP contribution is 2.24. The molecule has 0 bridgehead atoms. The van der Waals surface area contributed by atoms with Gasteiger partial charge in [0.1, 0.15) is 11.6 Å². The van der Waals surface area contributed by atoms with Crippen molar-refractivity contribution in [1.82, 2.24) is 19.6 Å². The number of rotatable bonds is 4. The second-order valence-corrected chi connectivity index (χ2v) is 6.58. The Morgan fingerprint density at radius 2 is 1.67 bits per heavy atom. The van der Waals surface area contributed by atoms with E-state index in [4.69, 9.17) is 4.74 Å². The molecule has 6 nitrogen and oxygen atoms in total. The molecule has 2 aromatic heterocycles. The van der Waals surface area contributed by atoms with Crippen LogP contribution in [0.1, 0.15) is 16.8 Å². The largest absolute Gasteiger partial charge is 0.497 e. The number of hydrogen-bond donors (Lipinski definition) is 1.